The van der Waals surface area contributed by atoms with E-state index in [4.69, 9.17) is 0 Å². The van der Waals surface area contributed by atoms with Crippen LogP contribution in [-0.2, 0) is 17.8 Å². The Morgan fingerprint density at radius 3 is 2.82 bits per heavy atom. The Balaban J connectivity index is 1.56. The van der Waals surface area contributed by atoms with E-state index in [9.17, 15) is 9.59 Å². The molecule has 0 atom stereocenters. The number of benzene rings is 1. The average Bonchev–Trinajstić information content (AvgIpc) is 2.93. The van der Waals surface area contributed by atoms with Crippen molar-refractivity contribution in [3.8, 4) is 0 Å². The molecule has 2 aromatic heterocycles. The van der Waals surface area contributed by atoms with Gasteiger partial charge in [0.1, 0.15) is 6.54 Å². The van der Waals surface area contributed by atoms with Crippen LogP contribution in [0.1, 0.15) is 5.56 Å². The summed E-state index contributed by atoms with van der Waals surface area (Å²) in [5.74, 6) is -0.159. The van der Waals surface area contributed by atoms with Gasteiger partial charge in [0.25, 0.3) is 5.56 Å². The number of pyridine rings is 1. The number of nitrogens with one attached hydrogen (secondary N) is 2. The molecule has 0 spiro atoms. The predicted octanol–water partition coefficient (Wildman–Crippen LogP) is 1.69. The third-order valence-corrected chi connectivity index (χ3v) is 3.60. The molecule has 2 N–H and O–H groups in total. The van der Waals surface area contributed by atoms with Crippen LogP contribution in [0.5, 0.6) is 0 Å². The number of H-pyrrole nitrogens is 1. The lowest BCUT2D eigenvalue weighted by atomic mass is 10.1. The molecule has 0 fully saturated rings. The first-order valence-electron chi connectivity index (χ1n) is 7.21. The van der Waals surface area contributed by atoms with E-state index < -0.39 is 0 Å². The van der Waals surface area contributed by atoms with Gasteiger partial charge in [0.2, 0.25) is 5.91 Å². The molecule has 0 unspecified atom stereocenters. The standard InChI is InChI=1S/C17H17N3O2/c21-16(12-20-10-4-3-7-17(20)22)18-9-8-13-11-19-15-6-2-1-5-14(13)15/h1-7,10-11,19H,8-9,12H2,(H,18,21). The van der Waals surface area contributed by atoms with Crippen LogP contribution in [-0.4, -0.2) is 22.0 Å². The summed E-state index contributed by atoms with van der Waals surface area (Å²) in [6, 6.07) is 12.9. The molecule has 5 nitrogen and oxygen atoms in total. The van der Waals surface area contributed by atoms with Crippen LogP contribution in [0.2, 0.25) is 0 Å². The van der Waals surface area contributed by atoms with Crippen molar-refractivity contribution in [3.05, 3.63) is 70.8 Å². The second-order valence-electron chi connectivity index (χ2n) is 5.13. The zero-order valence-electron chi connectivity index (χ0n) is 12.1. The van der Waals surface area contributed by atoms with Gasteiger partial charge in [-0.1, -0.05) is 24.3 Å². The maximum atomic E-state index is 11.9. The van der Waals surface area contributed by atoms with E-state index >= 15 is 0 Å². The fourth-order valence-electron chi connectivity index (χ4n) is 2.48. The van der Waals surface area contributed by atoms with Gasteiger partial charge in [-0.3, -0.25) is 9.59 Å². The Bertz CT molecular complexity index is 848. The zero-order valence-corrected chi connectivity index (χ0v) is 12.1. The molecule has 22 heavy (non-hydrogen) atoms. The van der Waals surface area contributed by atoms with Crippen molar-refractivity contribution in [1.29, 1.82) is 0 Å². The molecule has 5 heteroatoms. The molecule has 0 saturated heterocycles. The molecule has 1 amide bonds. The Labute approximate surface area is 127 Å². The maximum absolute atomic E-state index is 11.9. The Hall–Kier alpha value is -2.82. The summed E-state index contributed by atoms with van der Waals surface area (Å²) < 4.78 is 1.39. The highest BCUT2D eigenvalue weighted by Crippen LogP contribution is 2.17. The highest BCUT2D eigenvalue weighted by Gasteiger charge is 2.05. The minimum atomic E-state index is -0.172. The first-order chi connectivity index (χ1) is 10.7. The SMILES string of the molecule is O=C(Cn1ccccc1=O)NCCc1c[nH]c2ccccc12. The van der Waals surface area contributed by atoms with Gasteiger partial charge in [-0.25, -0.2) is 0 Å². The number of amides is 1. The van der Waals surface area contributed by atoms with Crippen LogP contribution in [0, 0.1) is 0 Å². The summed E-state index contributed by atoms with van der Waals surface area (Å²) in [6.07, 6.45) is 4.33. The zero-order chi connectivity index (χ0) is 15.4. The van der Waals surface area contributed by atoms with Crippen molar-refractivity contribution in [3.63, 3.8) is 0 Å². The summed E-state index contributed by atoms with van der Waals surface area (Å²) in [4.78, 5) is 26.6. The number of nitrogens with zero attached hydrogens (tertiary/aromatic N) is 1. The molecule has 3 aromatic rings. The van der Waals surface area contributed by atoms with E-state index in [1.165, 1.54) is 21.6 Å². The molecule has 0 aliphatic heterocycles. The first-order valence-corrected chi connectivity index (χ1v) is 7.21. The van der Waals surface area contributed by atoms with Crippen LogP contribution in [0.3, 0.4) is 0 Å². The van der Waals surface area contributed by atoms with Crippen LogP contribution in [0.4, 0.5) is 0 Å². The van der Waals surface area contributed by atoms with Gasteiger partial charge < -0.3 is 14.9 Å². The highest BCUT2D eigenvalue weighted by molar-refractivity contribution is 5.83. The lowest BCUT2D eigenvalue weighted by Gasteiger charge is -2.06. The van der Waals surface area contributed by atoms with Crippen LogP contribution in [0.15, 0.2) is 59.7 Å². The number of carbonyl (C=O) groups excluding carboxylic acids is 1. The van der Waals surface area contributed by atoms with Gasteiger partial charge in [0.15, 0.2) is 0 Å². The molecule has 2 heterocycles. The molecule has 1 aromatic carbocycles. The molecule has 0 bridgehead atoms. The van der Waals surface area contributed by atoms with Crippen molar-refractivity contribution >= 4 is 16.8 Å². The number of hydrogen-bond acceptors (Lipinski definition) is 2. The summed E-state index contributed by atoms with van der Waals surface area (Å²) in [5.41, 5.74) is 2.10. The molecule has 112 valence electrons. The molecular formula is C17H17N3O2. The minimum absolute atomic E-state index is 0.0492. The van der Waals surface area contributed by atoms with E-state index in [0.29, 0.717) is 6.54 Å². The van der Waals surface area contributed by atoms with E-state index in [-0.39, 0.29) is 18.0 Å². The number of fused-ring (bicyclic) bond motifs is 1. The van der Waals surface area contributed by atoms with Crippen LogP contribution >= 0.6 is 0 Å². The highest BCUT2D eigenvalue weighted by atomic mass is 16.2. The lowest BCUT2D eigenvalue weighted by Crippen LogP contribution is -2.32. The number of para-hydroxylation sites is 1. The van der Waals surface area contributed by atoms with E-state index in [1.807, 2.05) is 24.4 Å². The smallest absolute Gasteiger partial charge is 0.250 e. The molecule has 0 saturated carbocycles. The third kappa shape index (κ3) is 3.09. The number of aromatic nitrogens is 2. The van der Waals surface area contributed by atoms with Crippen molar-refractivity contribution < 1.29 is 4.79 Å². The van der Waals surface area contributed by atoms with Gasteiger partial charge in [0.05, 0.1) is 0 Å². The lowest BCUT2D eigenvalue weighted by molar-refractivity contribution is -0.121. The van der Waals surface area contributed by atoms with Crippen molar-refractivity contribution in [2.24, 2.45) is 0 Å². The van der Waals surface area contributed by atoms with Gasteiger partial charge >= 0.3 is 0 Å². The Kier molecular flexibility index (Phi) is 4.05. The second kappa shape index (κ2) is 6.30. The predicted molar refractivity (Wildman–Crippen MR) is 85.7 cm³/mol. The van der Waals surface area contributed by atoms with Gasteiger partial charge in [-0.05, 0) is 24.1 Å². The Morgan fingerprint density at radius 2 is 1.95 bits per heavy atom. The Morgan fingerprint density at radius 1 is 1.14 bits per heavy atom. The van der Waals surface area contributed by atoms with Gasteiger partial charge in [-0.2, -0.15) is 0 Å². The fourth-order valence-corrected chi connectivity index (χ4v) is 2.48. The van der Waals surface area contributed by atoms with E-state index in [0.717, 1.165) is 11.9 Å². The number of aromatic amines is 1. The summed E-state index contributed by atoms with van der Waals surface area (Å²) in [5, 5.41) is 4.03. The summed E-state index contributed by atoms with van der Waals surface area (Å²) >= 11 is 0. The molecule has 0 aliphatic rings. The van der Waals surface area contributed by atoms with E-state index in [2.05, 4.69) is 16.4 Å². The molecule has 0 aliphatic carbocycles. The monoisotopic (exact) mass is 295 g/mol. The fraction of sp³-hybridized carbons (Fsp3) is 0.176. The number of hydrogen-bond donors (Lipinski definition) is 2. The minimum Gasteiger partial charge on any atom is -0.361 e. The summed E-state index contributed by atoms with van der Waals surface area (Å²) in [6.45, 7) is 0.593. The van der Waals surface area contributed by atoms with Gasteiger partial charge in [-0.15, -0.1) is 0 Å². The average molecular weight is 295 g/mol. The van der Waals surface area contributed by atoms with Crippen LogP contribution < -0.4 is 10.9 Å². The first kappa shape index (κ1) is 14.1. The third-order valence-electron chi connectivity index (χ3n) is 3.60. The number of rotatable bonds is 5. The molecular weight excluding hydrogens is 278 g/mol. The summed E-state index contributed by atoms with van der Waals surface area (Å²) in [7, 11) is 0. The van der Waals surface area contributed by atoms with Crippen molar-refractivity contribution in [1.82, 2.24) is 14.9 Å². The van der Waals surface area contributed by atoms with Crippen LogP contribution in [0.25, 0.3) is 10.9 Å². The topological polar surface area (TPSA) is 66.9 Å². The maximum Gasteiger partial charge on any atom is 0.250 e. The largest absolute Gasteiger partial charge is 0.361 e. The number of carbonyl (C=O) groups is 1. The normalized spacial score (nSPS) is 10.7. The second-order valence-corrected chi connectivity index (χ2v) is 5.13. The van der Waals surface area contributed by atoms with Gasteiger partial charge in [0, 0.05) is 35.9 Å². The molecule has 3 rings (SSSR count). The van der Waals surface area contributed by atoms with E-state index in [1.54, 1.807) is 18.3 Å². The molecule has 0 radical (unpaired) electrons. The van der Waals surface area contributed by atoms with Crippen molar-refractivity contribution in [2.75, 3.05) is 6.54 Å². The van der Waals surface area contributed by atoms with Crippen molar-refractivity contribution in [2.45, 2.75) is 13.0 Å². The quantitative estimate of drug-likeness (QED) is 0.752.